The van der Waals surface area contributed by atoms with Gasteiger partial charge in [0.25, 0.3) is 5.89 Å². The Morgan fingerprint density at radius 1 is 1.19 bits per heavy atom. The number of hydrogen-bond acceptors (Lipinski definition) is 9. The number of rotatable bonds is 13. The van der Waals surface area contributed by atoms with Gasteiger partial charge in [-0.2, -0.15) is 0 Å². The lowest BCUT2D eigenvalue weighted by Crippen LogP contribution is -2.51. The molecule has 42 heavy (non-hydrogen) atoms. The number of H-pyrrole nitrogens is 1. The highest BCUT2D eigenvalue weighted by Crippen LogP contribution is 2.33. The topological polar surface area (TPSA) is 155 Å². The number of methoxy groups -OCH3 is 1. The maximum Gasteiger partial charge on any atom is 0.263 e. The number of imidazole rings is 1. The lowest BCUT2D eigenvalue weighted by molar-refractivity contribution is -0.137. The monoisotopic (exact) mass is 573 g/mol. The molecule has 0 radical (unpaired) electrons. The molecule has 0 aliphatic carbocycles. The molecule has 2 amide bonds. The second-order valence-electron chi connectivity index (χ2n) is 10.4. The zero-order valence-corrected chi connectivity index (χ0v) is 23.8. The lowest BCUT2D eigenvalue weighted by atomic mass is 10.0. The van der Waals surface area contributed by atoms with E-state index in [1.807, 2.05) is 31.2 Å². The molecule has 4 heterocycles. The molecule has 1 atom stereocenters. The molecule has 1 aliphatic rings. The fraction of sp³-hybridized carbons (Fsp3) is 0.400. The quantitative estimate of drug-likeness (QED) is 0.161. The SMILES string of the molecule is COc1cc2nc(C)ccc2cc1-c1cnc([C@H](CCCCCC(=O)c2ncco2)NC(=O)CN2CCNCC2=O)[nH]1. The van der Waals surface area contributed by atoms with E-state index < -0.39 is 6.04 Å². The van der Waals surface area contributed by atoms with Crippen LogP contribution in [0.1, 0.15) is 60.3 Å². The van der Waals surface area contributed by atoms with Crippen LogP contribution in [0.4, 0.5) is 0 Å². The third kappa shape index (κ3) is 7.00. The summed E-state index contributed by atoms with van der Waals surface area (Å²) in [5.74, 6) is 0.903. The Bertz CT molecular complexity index is 1550. The van der Waals surface area contributed by atoms with Gasteiger partial charge in [-0.3, -0.25) is 19.4 Å². The van der Waals surface area contributed by atoms with Gasteiger partial charge < -0.3 is 29.7 Å². The summed E-state index contributed by atoms with van der Waals surface area (Å²) in [5, 5.41) is 7.06. The summed E-state index contributed by atoms with van der Waals surface area (Å²) in [7, 11) is 1.62. The van der Waals surface area contributed by atoms with Crippen LogP contribution in [0.25, 0.3) is 22.2 Å². The second-order valence-corrected chi connectivity index (χ2v) is 10.4. The second kappa shape index (κ2) is 13.4. The molecule has 1 saturated heterocycles. The van der Waals surface area contributed by atoms with Gasteiger partial charge in [0, 0.05) is 42.2 Å². The number of ether oxygens (including phenoxy) is 1. The number of amides is 2. The Balaban J connectivity index is 1.30. The van der Waals surface area contributed by atoms with Crippen LogP contribution >= 0.6 is 0 Å². The van der Waals surface area contributed by atoms with E-state index >= 15 is 0 Å². The van der Waals surface area contributed by atoms with Crippen molar-refractivity contribution in [3.05, 3.63) is 60.3 Å². The van der Waals surface area contributed by atoms with Gasteiger partial charge in [0.1, 0.15) is 17.8 Å². The van der Waals surface area contributed by atoms with Crippen LogP contribution in [0.3, 0.4) is 0 Å². The van der Waals surface area contributed by atoms with E-state index in [0.717, 1.165) is 40.7 Å². The molecule has 4 aromatic rings. The van der Waals surface area contributed by atoms with Gasteiger partial charge in [-0.05, 0) is 31.9 Å². The van der Waals surface area contributed by atoms with Gasteiger partial charge in [-0.25, -0.2) is 9.97 Å². The number of nitrogens with zero attached hydrogens (tertiary/aromatic N) is 4. The number of carbonyl (C=O) groups is 3. The molecule has 12 nitrogen and oxygen atoms in total. The fourth-order valence-corrected chi connectivity index (χ4v) is 5.07. The highest BCUT2D eigenvalue weighted by Gasteiger charge is 2.24. The van der Waals surface area contributed by atoms with E-state index in [0.29, 0.717) is 43.9 Å². The third-order valence-corrected chi connectivity index (χ3v) is 7.29. The first-order valence-corrected chi connectivity index (χ1v) is 14.1. The van der Waals surface area contributed by atoms with Gasteiger partial charge in [-0.15, -0.1) is 0 Å². The molecule has 1 aliphatic heterocycles. The Kier molecular flexibility index (Phi) is 9.22. The molecule has 0 bridgehead atoms. The number of piperazine rings is 1. The van der Waals surface area contributed by atoms with Gasteiger partial charge in [0.2, 0.25) is 17.6 Å². The summed E-state index contributed by atoms with van der Waals surface area (Å²) in [6.07, 6.45) is 7.69. The van der Waals surface area contributed by atoms with E-state index in [9.17, 15) is 14.4 Å². The largest absolute Gasteiger partial charge is 0.496 e. The summed E-state index contributed by atoms with van der Waals surface area (Å²) in [6, 6.07) is 7.48. The first-order chi connectivity index (χ1) is 20.4. The maximum absolute atomic E-state index is 13.0. The molecular weight excluding hydrogens is 538 g/mol. The number of ketones is 1. The first-order valence-electron chi connectivity index (χ1n) is 14.1. The summed E-state index contributed by atoms with van der Waals surface area (Å²) < 4.78 is 10.8. The molecule has 5 rings (SSSR count). The van der Waals surface area contributed by atoms with Crippen molar-refractivity contribution in [2.75, 3.05) is 33.3 Å². The molecular formula is C30H35N7O5. The maximum atomic E-state index is 13.0. The molecule has 0 unspecified atom stereocenters. The van der Waals surface area contributed by atoms with Crippen LogP contribution in [0, 0.1) is 6.92 Å². The molecule has 1 aromatic carbocycles. The number of nitrogens with one attached hydrogen (secondary N) is 3. The smallest absolute Gasteiger partial charge is 0.263 e. The Labute approximate surface area is 243 Å². The van der Waals surface area contributed by atoms with Crippen molar-refractivity contribution in [2.45, 2.75) is 45.1 Å². The van der Waals surface area contributed by atoms with E-state index in [4.69, 9.17) is 9.15 Å². The minimum Gasteiger partial charge on any atom is -0.496 e. The predicted octanol–water partition coefficient (Wildman–Crippen LogP) is 3.35. The van der Waals surface area contributed by atoms with Gasteiger partial charge >= 0.3 is 0 Å². The lowest BCUT2D eigenvalue weighted by Gasteiger charge is -2.27. The van der Waals surface area contributed by atoms with Crippen LogP contribution in [0.2, 0.25) is 0 Å². The predicted molar refractivity (Wildman–Crippen MR) is 155 cm³/mol. The zero-order chi connectivity index (χ0) is 29.5. The summed E-state index contributed by atoms with van der Waals surface area (Å²) >= 11 is 0. The number of aromatic nitrogens is 4. The first kappa shape index (κ1) is 28.9. The average Bonchev–Trinajstić information content (AvgIpc) is 3.70. The van der Waals surface area contributed by atoms with E-state index in [1.165, 1.54) is 12.5 Å². The van der Waals surface area contributed by atoms with Crippen molar-refractivity contribution in [1.82, 2.24) is 35.5 Å². The molecule has 3 aromatic heterocycles. The molecule has 220 valence electrons. The summed E-state index contributed by atoms with van der Waals surface area (Å²) in [4.78, 5) is 55.5. The fourth-order valence-electron chi connectivity index (χ4n) is 5.07. The molecule has 3 N–H and O–H groups in total. The van der Waals surface area contributed by atoms with Gasteiger partial charge in [0.05, 0.1) is 49.8 Å². The zero-order valence-electron chi connectivity index (χ0n) is 23.8. The number of hydrogen-bond donors (Lipinski definition) is 3. The van der Waals surface area contributed by atoms with Crippen molar-refractivity contribution in [2.24, 2.45) is 0 Å². The van der Waals surface area contributed by atoms with E-state index in [-0.39, 0.29) is 36.6 Å². The molecule has 1 fully saturated rings. The summed E-state index contributed by atoms with van der Waals surface area (Å²) in [5.41, 5.74) is 3.34. The number of oxazole rings is 1. The van der Waals surface area contributed by atoms with Gasteiger partial charge in [-0.1, -0.05) is 18.9 Å². The van der Waals surface area contributed by atoms with Crippen molar-refractivity contribution >= 4 is 28.5 Å². The third-order valence-electron chi connectivity index (χ3n) is 7.29. The number of Topliss-reactive ketones (excluding diaryl/α,β-unsaturated/α-hetero) is 1. The number of carbonyl (C=O) groups excluding carboxylic acids is 3. The normalized spacial score (nSPS) is 14.2. The minimum atomic E-state index is -0.414. The molecule has 0 saturated carbocycles. The van der Waals surface area contributed by atoms with Crippen LogP contribution in [0.15, 0.2) is 47.3 Å². The highest BCUT2D eigenvalue weighted by atomic mass is 16.5. The van der Waals surface area contributed by atoms with E-state index in [1.54, 1.807) is 18.2 Å². The number of pyridine rings is 1. The standard InChI is InChI=1S/C30H35N7O5/c1-19-8-9-20-14-21(26(41-2)15-23(20)34-19)24-16-33-29(36-24)22(35-27(39)18-37-12-10-31-17-28(37)40)6-4-3-5-7-25(38)30-32-11-13-42-30/h8-9,11,13-16,22,31H,3-7,10,12,17-18H2,1-2H3,(H,33,36)(H,35,39)/t22-/m0/s1. The van der Waals surface area contributed by atoms with Crippen LogP contribution < -0.4 is 15.4 Å². The number of fused-ring (bicyclic) bond motifs is 1. The van der Waals surface area contributed by atoms with E-state index in [2.05, 4.69) is 30.6 Å². The number of benzene rings is 1. The van der Waals surface area contributed by atoms with Crippen molar-refractivity contribution in [3.8, 4) is 17.0 Å². The van der Waals surface area contributed by atoms with Gasteiger partial charge in [0.15, 0.2) is 0 Å². The molecule has 12 heteroatoms. The van der Waals surface area contributed by atoms with Crippen LogP contribution in [-0.2, 0) is 9.59 Å². The van der Waals surface area contributed by atoms with Crippen LogP contribution in [-0.4, -0.2) is 75.7 Å². The summed E-state index contributed by atoms with van der Waals surface area (Å²) in [6.45, 7) is 3.30. The highest BCUT2D eigenvalue weighted by molar-refractivity contribution is 5.91. The van der Waals surface area contributed by atoms with Crippen molar-refractivity contribution in [1.29, 1.82) is 0 Å². The minimum absolute atomic E-state index is 0.0137. The number of aromatic amines is 1. The Morgan fingerprint density at radius 3 is 2.86 bits per heavy atom. The average molecular weight is 574 g/mol. The number of unbranched alkanes of at least 4 members (excludes halogenated alkanes) is 2. The van der Waals surface area contributed by atoms with Crippen molar-refractivity contribution < 1.29 is 23.5 Å². The Hall–Kier alpha value is -4.58. The number of aryl methyl sites for hydroxylation is 1. The van der Waals surface area contributed by atoms with Crippen molar-refractivity contribution in [3.63, 3.8) is 0 Å². The van der Waals surface area contributed by atoms with Crippen LogP contribution in [0.5, 0.6) is 5.75 Å². The molecule has 0 spiro atoms. The Morgan fingerprint density at radius 2 is 2.07 bits per heavy atom.